The Labute approximate surface area is 120 Å². The second kappa shape index (κ2) is 6.04. The molecule has 0 aliphatic heterocycles. The molecule has 2 rings (SSSR count). The fourth-order valence-corrected chi connectivity index (χ4v) is 1.87. The summed E-state index contributed by atoms with van der Waals surface area (Å²) in [5.41, 5.74) is 1.91. The Morgan fingerprint density at radius 2 is 2.20 bits per heavy atom. The van der Waals surface area contributed by atoms with Crippen LogP contribution in [0.4, 0.5) is 5.69 Å². The molecular formula is C14H10ClN3O2. The molecule has 0 saturated heterocycles. The molecule has 2 N–H and O–H groups in total. The minimum atomic E-state index is -0.995. The molecule has 0 fully saturated rings. The number of benzene rings is 1. The van der Waals surface area contributed by atoms with Crippen LogP contribution >= 0.6 is 11.6 Å². The first kappa shape index (κ1) is 13.8. The molecule has 6 heteroatoms. The molecule has 0 aliphatic carbocycles. The van der Waals surface area contributed by atoms with Crippen LogP contribution in [-0.4, -0.2) is 16.1 Å². The zero-order valence-electron chi connectivity index (χ0n) is 10.3. The molecule has 5 nitrogen and oxygen atoms in total. The second-order valence-electron chi connectivity index (χ2n) is 4.00. The summed E-state index contributed by atoms with van der Waals surface area (Å²) < 4.78 is 0. The number of carboxylic acids is 1. The van der Waals surface area contributed by atoms with Crippen LogP contribution < -0.4 is 5.32 Å². The molecule has 1 heterocycles. The molecule has 20 heavy (non-hydrogen) atoms. The lowest BCUT2D eigenvalue weighted by Gasteiger charge is -2.08. The highest BCUT2D eigenvalue weighted by Crippen LogP contribution is 2.23. The molecule has 0 unspecified atom stereocenters. The Morgan fingerprint density at radius 3 is 2.85 bits per heavy atom. The lowest BCUT2D eigenvalue weighted by atomic mass is 10.2. The van der Waals surface area contributed by atoms with E-state index in [2.05, 4.69) is 10.3 Å². The van der Waals surface area contributed by atoms with Crippen LogP contribution in [0.2, 0.25) is 5.02 Å². The van der Waals surface area contributed by atoms with E-state index in [4.69, 9.17) is 22.0 Å². The third-order valence-electron chi connectivity index (χ3n) is 2.62. The molecule has 2 aromatic rings. The monoisotopic (exact) mass is 287 g/mol. The van der Waals surface area contributed by atoms with E-state index in [1.807, 2.05) is 6.07 Å². The van der Waals surface area contributed by atoms with Crippen molar-refractivity contribution in [1.82, 2.24) is 4.98 Å². The standard InChI is InChI=1S/C14H10ClN3O2/c15-12-5-9(7-16)1-2-13(12)18-8-11-6-10(14(19)20)3-4-17-11/h1-6,18H,8H2,(H,19,20). The first-order chi connectivity index (χ1) is 9.60. The number of aromatic nitrogens is 1. The van der Waals surface area contributed by atoms with E-state index in [-0.39, 0.29) is 5.56 Å². The Morgan fingerprint density at radius 1 is 1.40 bits per heavy atom. The Hall–Kier alpha value is -2.58. The number of nitrogens with one attached hydrogen (secondary N) is 1. The van der Waals surface area contributed by atoms with Crippen molar-refractivity contribution in [3.63, 3.8) is 0 Å². The normalized spacial score (nSPS) is 9.80. The molecular weight excluding hydrogens is 278 g/mol. The number of carbonyl (C=O) groups is 1. The third-order valence-corrected chi connectivity index (χ3v) is 2.93. The molecule has 100 valence electrons. The number of rotatable bonds is 4. The third kappa shape index (κ3) is 3.25. The van der Waals surface area contributed by atoms with Gasteiger partial charge in [0.2, 0.25) is 0 Å². The summed E-state index contributed by atoms with van der Waals surface area (Å²) in [5.74, 6) is -0.995. The fraction of sp³-hybridized carbons (Fsp3) is 0.0714. The molecule has 0 saturated carbocycles. The van der Waals surface area contributed by atoms with Crippen LogP contribution in [-0.2, 0) is 6.54 Å². The van der Waals surface area contributed by atoms with Crippen molar-refractivity contribution in [2.24, 2.45) is 0 Å². The van der Waals surface area contributed by atoms with Crippen LogP contribution in [0.1, 0.15) is 21.6 Å². The molecule has 0 aliphatic rings. The van der Waals surface area contributed by atoms with Gasteiger partial charge in [-0.2, -0.15) is 5.26 Å². The quantitative estimate of drug-likeness (QED) is 0.903. The summed E-state index contributed by atoms with van der Waals surface area (Å²) in [5, 5.41) is 21.1. The minimum Gasteiger partial charge on any atom is -0.478 e. The summed E-state index contributed by atoms with van der Waals surface area (Å²) >= 11 is 6.03. The maximum Gasteiger partial charge on any atom is 0.335 e. The van der Waals surface area contributed by atoms with Crippen molar-refractivity contribution in [1.29, 1.82) is 5.26 Å². The molecule has 1 aromatic carbocycles. The molecule has 0 radical (unpaired) electrons. The van der Waals surface area contributed by atoms with E-state index in [9.17, 15) is 4.79 Å². The summed E-state index contributed by atoms with van der Waals surface area (Å²) in [6.45, 7) is 0.340. The highest BCUT2D eigenvalue weighted by atomic mass is 35.5. The zero-order chi connectivity index (χ0) is 14.5. The Kier molecular flexibility index (Phi) is 4.18. The van der Waals surface area contributed by atoms with Crippen molar-refractivity contribution < 1.29 is 9.90 Å². The van der Waals surface area contributed by atoms with Crippen molar-refractivity contribution in [2.75, 3.05) is 5.32 Å². The number of halogens is 1. The van der Waals surface area contributed by atoms with Crippen LogP contribution in [0.3, 0.4) is 0 Å². The first-order valence-electron chi connectivity index (χ1n) is 5.72. The van der Waals surface area contributed by atoms with Gasteiger partial charge in [-0.15, -0.1) is 0 Å². The number of hydrogen-bond donors (Lipinski definition) is 2. The number of anilines is 1. The number of nitrogens with zero attached hydrogens (tertiary/aromatic N) is 2. The van der Waals surface area contributed by atoms with Gasteiger partial charge in [0.15, 0.2) is 0 Å². The smallest absolute Gasteiger partial charge is 0.335 e. The van der Waals surface area contributed by atoms with Gasteiger partial charge in [0.1, 0.15) is 0 Å². The second-order valence-corrected chi connectivity index (χ2v) is 4.41. The lowest BCUT2D eigenvalue weighted by Crippen LogP contribution is -2.04. The zero-order valence-corrected chi connectivity index (χ0v) is 11.1. The van der Waals surface area contributed by atoms with Gasteiger partial charge in [-0.25, -0.2) is 4.79 Å². The van der Waals surface area contributed by atoms with E-state index in [1.165, 1.54) is 18.3 Å². The minimum absolute atomic E-state index is 0.183. The summed E-state index contributed by atoms with van der Waals surface area (Å²) in [7, 11) is 0. The van der Waals surface area contributed by atoms with E-state index in [0.29, 0.717) is 28.5 Å². The van der Waals surface area contributed by atoms with E-state index >= 15 is 0 Å². The lowest BCUT2D eigenvalue weighted by molar-refractivity contribution is 0.0696. The van der Waals surface area contributed by atoms with E-state index < -0.39 is 5.97 Å². The largest absolute Gasteiger partial charge is 0.478 e. The van der Waals surface area contributed by atoms with Gasteiger partial charge >= 0.3 is 5.97 Å². The number of pyridine rings is 1. The molecule has 0 atom stereocenters. The average molecular weight is 288 g/mol. The fourth-order valence-electron chi connectivity index (χ4n) is 1.62. The van der Waals surface area contributed by atoms with Crippen molar-refractivity contribution in [3.8, 4) is 6.07 Å². The Balaban J connectivity index is 2.11. The van der Waals surface area contributed by atoms with Gasteiger partial charge in [-0.05, 0) is 30.3 Å². The van der Waals surface area contributed by atoms with Crippen molar-refractivity contribution in [2.45, 2.75) is 6.54 Å². The summed E-state index contributed by atoms with van der Waals surface area (Å²) in [6.07, 6.45) is 1.45. The van der Waals surface area contributed by atoms with Crippen LogP contribution in [0, 0.1) is 11.3 Å². The van der Waals surface area contributed by atoms with Crippen LogP contribution in [0.25, 0.3) is 0 Å². The predicted octanol–water partition coefficient (Wildman–Crippen LogP) is 2.92. The highest BCUT2D eigenvalue weighted by molar-refractivity contribution is 6.33. The van der Waals surface area contributed by atoms with Gasteiger partial charge < -0.3 is 10.4 Å². The molecule has 0 bridgehead atoms. The highest BCUT2D eigenvalue weighted by Gasteiger charge is 2.05. The summed E-state index contributed by atoms with van der Waals surface area (Å²) in [6, 6.07) is 9.83. The van der Waals surface area contributed by atoms with Crippen LogP contribution in [0.15, 0.2) is 36.5 Å². The van der Waals surface area contributed by atoms with Crippen LogP contribution in [0.5, 0.6) is 0 Å². The summed E-state index contributed by atoms with van der Waals surface area (Å²) in [4.78, 5) is 14.9. The average Bonchev–Trinajstić information content (AvgIpc) is 2.46. The van der Waals surface area contributed by atoms with E-state index in [1.54, 1.807) is 18.2 Å². The maximum atomic E-state index is 10.9. The van der Waals surface area contributed by atoms with Gasteiger partial charge in [0, 0.05) is 6.20 Å². The van der Waals surface area contributed by atoms with E-state index in [0.717, 1.165) is 0 Å². The SMILES string of the molecule is N#Cc1ccc(NCc2cc(C(=O)O)ccn2)c(Cl)c1. The number of carboxylic acid groups (broad SMARTS) is 1. The predicted molar refractivity (Wildman–Crippen MR) is 74.7 cm³/mol. The maximum absolute atomic E-state index is 10.9. The number of nitriles is 1. The Bertz CT molecular complexity index is 695. The molecule has 0 spiro atoms. The van der Waals surface area contributed by atoms with Gasteiger partial charge in [0.05, 0.1) is 40.1 Å². The van der Waals surface area contributed by atoms with Gasteiger partial charge in [-0.3, -0.25) is 4.98 Å². The van der Waals surface area contributed by atoms with Gasteiger partial charge in [-0.1, -0.05) is 11.6 Å². The van der Waals surface area contributed by atoms with Crippen molar-refractivity contribution in [3.05, 3.63) is 58.4 Å². The molecule has 1 aromatic heterocycles. The topological polar surface area (TPSA) is 86.0 Å². The molecule has 0 amide bonds. The van der Waals surface area contributed by atoms with Crippen molar-refractivity contribution >= 4 is 23.3 Å². The number of aromatic carboxylic acids is 1. The number of hydrogen-bond acceptors (Lipinski definition) is 4. The van der Waals surface area contributed by atoms with Gasteiger partial charge in [0.25, 0.3) is 0 Å². The first-order valence-corrected chi connectivity index (χ1v) is 6.09.